The van der Waals surface area contributed by atoms with Crippen LogP contribution in [-0.4, -0.2) is 19.7 Å². The van der Waals surface area contributed by atoms with E-state index >= 15 is 0 Å². The van der Waals surface area contributed by atoms with Crippen molar-refractivity contribution in [3.05, 3.63) is 23.1 Å². The molecule has 6 heteroatoms. The zero-order valence-corrected chi connectivity index (χ0v) is 10.6. The Morgan fingerprint density at radius 3 is 2.88 bits per heavy atom. The Morgan fingerprint density at radius 2 is 2.18 bits per heavy atom. The molecular formula is C11H13N5S. The van der Waals surface area contributed by atoms with Gasteiger partial charge >= 0.3 is 0 Å². The fourth-order valence-corrected chi connectivity index (χ4v) is 2.97. The maximum absolute atomic E-state index is 5.98. The molecule has 3 rings (SSSR count). The number of anilines is 1. The number of nitrogens with two attached hydrogens (primary N) is 1. The highest BCUT2D eigenvalue weighted by Crippen LogP contribution is 2.33. The number of thioether (sulfide) groups is 1. The van der Waals surface area contributed by atoms with Crippen LogP contribution in [0.4, 0.5) is 5.82 Å². The SMILES string of the molecule is Cc1c(-c2nc(N)c3c(n2)CSC3)cnn1C. The molecule has 5 nitrogen and oxygen atoms in total. The van der Waals surface area contributed by atoms with Crippen molar-refractivity contribution in [1.29, 1.82) is 0 Å². The van der Waals surface area contributed by atoms with Crippen LogP contribution in [0, 0.1) is 6.92 Å². The molecule has 0 spiro atoms. The summed E-state index contributed by atoms with van der Waals surface area (Å²) in [5, 5.41) is 4.21. The van der Waals surface area contributed by atoms with Gasteiger partial charge < -0.3 is 5.73 Å². The molecule has 2 N–H and O–H groups in total. The minimum absolute atomic E-state index is 0.609. The molecule has 0 bridgehead atoms. The third-order valence-corrected chi connectivity index (χ3v) is 4.06. The summed E-state index contributed by atoms with van der Waals surface area (Å²) in [4.78, 5) is 8.98. The summed E-state index contributed by atoms with van der Waals surface area (Å²) < 4.78 is 1.82. The zero-order valence-electron chi connectivity index (χ0n) is 9.77. The molecule has 3 heterocycles. The van der Waals surface area contributed by atoms with Crippen LogP contribution in [0.15, 0.2) is 6.20 Å². The van der Waals surface area contributed by atoms with Gasteiger partial charge in [-0.05, 0) is 6.92 Å². The van der Waals surface area contributed by atoms with Crippen molar-refractivity contribution in [1.82, 2.24) is 19.7 Å². The maximum atomic E-state index is 5.98. The maximum Gasteiger partial charge on any atom is 0.165 e. The molecule has 2 aromatic heterocycles. The van der Waals surface area contributed by atoms with Gasteiger partial charge in [0, 0.05) is 29.8 Å². The van der Waals surface area contributed by atoms with Gasteiger partial charge in [-0.25, -0.2) is 9.97 Å². The summed E-state index contributed by atoms with van der Waals surface area (Å²) in [7, 11) is 1.91. The highest BCUT2D eigenvalue weighted by Gasteiger charge is 2.20. The van der Waals surface area contributed by atoms with Crippen LogP contribution in [0.5, 0.6) is 0 Å². The Hall–Kier alpha value is -1.56. The van der Waals surface area contributed by atoms with Gasteiger partial charge in [-0.15, -0.1) is 0 Å². The van der Waals surface area contributed by atoms with Crippen molar-refractivity contribution in [2.45, 2.75) is 18.4 Å². The Bertz CT molecular complexity index is 590. The Morgan fingerprint density at radius 1 is 1.35 bits per heavy atom. The fraction of sp³-hybridized carbons (Fsp3) is 0.364. The van der Waals surface area contributed by atoms with Crippen molar-refractivity contribution >= 4 is 17.6 Å². The van der Waals surface area contributed by atoms with Crippen LogP contribution in [0.1, 0.15) is 17.0 Å². The first-order valence-electron chi connectivity index (χ1n) is 5.39. The highest BCUT2D eigenvalue weighted by atomic mass is 32.2. The molecule has 0 unspecified atom stereocenters. The lowest BCUT2D eigenvalue weighted by Gasteiger charge is -2.05. The predicted octanol–water partition coefficient (Wildman–Crippen LogP) is 1.51. The van der Waals surface area contributed by atoms with Crippen LogP contribution < -0.4 is 5.73 Å². The summed E-state index contributed by atoms with van der Waals surface area (Å²) in [6.07, 6.45) is 1.79. The monoisotopic (exact) mass is 247 g/mol. The molecule has 2 aromatic rings. The van der Waals surface area contributed by atoms with E-state index in [-0.39, 0.29) is 0 Å². The quantitative estimate of drug-likeness (QED) is 0.827. The van der Waals surface area contributed by atoms with Crippen molar-refractivity contribution in [3.8, 4) is 11.4 Å². The molecule has 17 heavy (non-hydrogen) atoms. The Balaban J connectivity index is 2.16. The number of aryl methyl sites for hydroxylation is 1. The van der Waals surface area contributed by atoms with Crippen LogP contribution in [0.2, 0.25) is 0 Å². The largest absolute Gasteiger partial charge is 0.383 e. The lowest BCUT2D eigenvalue weighted by molar-refractivity contribution is 0.740. The zero-order chi connectivity index (χ0) is 12.0. The Kier molecular flexibility index (Phi) is 2.32. The number of fused-ring (bicyclic) bond motifs is 1. The van der Waals surface area contributed by atoms with E-state index in [0.29, 0.717) is 11.6 Å². The van der Waals surface area contributed by atoms with E-state index in [2.05, 4.69) is 15.1 Å². The molecule has 0 aliphatic carbocycles. The first-order chi connectivity index (χ1) is 8.16. The van der Waals surface area contributed by atoms with Gasteiger partial charge in [-0.3, -0.25) is 4.68 Å². The van der Waals surface area contributed by atoms with E-state index < -0.39 is 0 Å². The molecule has 0 amide bonds. The first kappa shape index (κ1) is 10.6. The standard InChI is InChI=1S/C11H13N5S/c1-6-7(3-13-16(6)2)11-14-9-5-17-4-8(9)10(12)15-11/h3H,4-5H2,1-2H3,(H2,12,14,15). The molecule has 0 fully saturated rings. The average molecular weight is 247 g/mol. The summed E-state index contributed by atoms with van der Waals surface area (Å²) in [6, 6.07) is 0. The van der Waals surface area contributed by atoms with Crippen molar-refractivity contribution in [2.24, 2.45) is 7.05 Å². The van der Waals surface area contributed by atoms with Gasteiger partial charge in [0.2, 0.25) is 0 Å². The molecule has 0 saturated carbocycles. The van der Waals surface area contributed by atoms with Gasteiger partial charge in [0.25, 0.3) is 0 Å². The normalized spacial score (nSPS) is 14.0. The lowest BCUT2D eigenvalue weighted by atomic mass is 10.2. The molecule has 1 aliphatic rings. The summed E-state index contributed by atoms with van der Waals surface area (Å²) >= 11 is 1.83. The van der Waals surface area contributed by atoms with E-state index in [1.54, 1.807) is 6.20 Å². The predicted molar refractivity (Wildman–Crippen MR) is 68.4 cm³/mol. The molecule has 0 radical (unpaired) electrons. The van der Waals surface area contributed by atoms with Gasteiger partial charge in [-0.1, -0.05) is 0 Å². The summed E-state index contributed by atoms with van der Waals surface area (Å²) in [6.45, 7) is 2.00. The van der Waals surface area contributed by atoms with Gasteiger partial charge in [0.05, 0.1) is 17.5 Å². The molecule has 0 saturated heterocycles. The lowest BCUT2D eigenvalue weighted by Crippen LogP contribution is -2.03. The fourth-order valence-electron chi connectivity index (χ4n) is 1.91. The average Bonchev–Trinajstić information content (AvgIpc) is 2.88. The van der Waals surface area contributed by atoms with Gasteiger partial charge in [0.1, 0.15) is 5.82 Å². The summed E-state index contributed by atoms with van der Waals surface area (Å²) in [5.41, 5.74) is 10.2. The molecule has 0 aromatic carbocycles. The van der Waals surface area contributed by atoms with E-state index in [1.807, 2.05) is 30.4 Å². The van der Waals surface area contributed by atoms with E-state index in [4.69, 9.17) is 5.73 Å². The molecule has 0 atom stereocenters. The Labute approximate surface area is 103 Å². The smallest absolute Gasteiger partial charge is 0.165 e. The second-order valence-electron chi connectivity index (χ2n) is 4.12. The number of hydrogen-bond donors (Lipinski definition) is 1. The van der Waals surface area contributed by atoms with E-state index in [0.717, 1.165) is 34.0 Å². The number of nitrogens with zero attached hydrogens (tertiary/aromatic N) is 4. The number of rotatable bonds is 1. The van der Waals surface area contributed by atoms with Crippen molar-refractivity contribution in [2.75, 3.05) is 5.73 Å². The van der Waals surface area contributed by atoms with Crippen LogP contribution in [0.3, 0.4) is 0 Å². The topological polar surface area (TPSA) is 69.6 Å². The van der Waals surface area contributed by atoms with Gasteiger partial charge in [-0.2, -0.15) is 16.9 Å². The van der Waals surface area contributed by atoms with Crippen LogP contribution in [-0.2, 0) is 18.6 Å². The van der Waals surface area contributed by atoms with Crippen molar-refractivity contribution in [3.63, 3.8) is 0 Å². The van der Waals surface area contributed by atoms with E-state index in [9.17, 15) is 0 Å². The second kappa shape index (κ2) is 3.73. The second-order valence-corrected chi connectivity index (χ2v) is 5.10. The highest BCUT2D eigenvalue weighted by molar-refractivity contribution is 7.98. The minimum atomic E-state index is 0.609. The first-order valence-corrected chi connectivity index (χ1v) is 6.54. The third kappa shape index (κ3) is 1.59. The summed E-state index contributed by atoms with van der Waals surface area (Å²) in [5.74, 6) is 3.15. The van der Waals surface area contributed by atoms with Gasteiger partial charge in [0.15, 0.2) is 5.82 Å². The number of hydrogen-bond acceptors (Lipinski definition) is 5. The molecule has 1 aliphatic heterocycles. The number of aromatic nitrogens is 4. The third-order valence-electron chi connectivity index (χ3n) is 3.09. The van der Waals surface area contributed by atoms with Crippen LogP contribution >= 0.6 is 11.8 Å². The minimum Gasteiger partial charge on any atom is -0.383 e. The van der Waals surface area contributed by atoms with Crippen molar-refractivity contribution < 1.29 is 0 Å². The number of nitrogen functional groups attached to an aromatic ring is 1. The van der Waals surface area contributed by atoms with Crippen LogP contribution in [0.25, 0.3) is 11.4 Å². The molecule has 88 valence electrons. The van der Waals surface area contributed by atoms with E-state index in [1.165, 1.54) is 0 Å². The molecular weight excluding hydrogens is 234 g/mol.